The van der Waals surface area contributed by atoms with Gasteiger partial charge in [0, 0.05) is 36.3 Å². The van der Waals surface area contributed by atoms with Crippen LogP contribution in [0.15, 0.2) is 78.9 Å². The third-order valence-corrected chi connectivity index (χ3v) is 5.21. The van der Waals surface area contributed by atoms with Gasteiger partial charge in [0.2, 0.25) is 0 Å². The Morgan fingerprint density at radius 3 is 2.22 bits per heavy atom. The van der Waals surface area contributed by atoms with Gasteiger partial charge < -0.3 is 4.90 Å². The van der Waals surface area contributed by atoms with Gasteiger partial charge in [0.1, 0.15) is 0 Å². The first-order valence-electron chi connectivity index (χ1n) is 9.20. The molecule has 0 unspecified atom stereocenters. The fourth-order valence-corrected chi connectivity index (χ4v) is 3.79. The molecule has 2 heteroatoms. The van der Waals surface area contributed by atoms with E-state index in [9.17, 15) is 0 Å². The fourth-order valence-electron chi connectivity index (χ4n) is 3.79. The van der Waals surface area contributed by atoms with Gasteiger partial charge in [-0.2, -0.15) is 0 Å². The lowest BCUT2D eigenvalue weighted by molar-refractivity contribution is 1.13. The van der Waals surface area contributed by atoms with Crippen molar-refractivity contribution in [3.05, 3.63) is 95.6 Å². The van der Waals surface area contributed by atoms with Crippen molar-refractivity contribution >= 4 is 28.2 Å². The summed E-state index contributed by atoms with van der Waals surface area (Å²) in [6, 6.07) is 27.9. The van der Waals surface area contributed by atoms with Crippen LogP contribution in [0, 0.1) is 0 Å². The van der Waals surface area contributed by atoms with E-state index in [2.05, 4.69) is 97.9 Å². The normalized spacial score (nSPS) is 13.6. The summed E-state index contributed by atoms with van der Waals surface area (Å²) in [6.07, 6.45) is 2.28. The van der Waals surface area contributed by atoms with Crippen LogP contribution in [0.4, 0.5) is 5.69 Å². The molecule has 0 spiro atoms. The Morgan fingerprint density at radius 1 is 0.741 bits per heavy atom. The number of nitrogens with zero attached hydrogens (tertiary/aromatic N) is 2. The van der Waals surface area contributed by atoms with Crippen LogP contribution in [0.25, 0.3) is 33.8 Å². The first-order chi connectivity index (χ1) is 13.2. The van der Waals surface area contributed by atoms with Crippen LogP contribution in [0.5, 0.6) is 0 Å². The van der Waals surface area contributed by atoms with Gasteiger partial charge in [0.25, 0.3) is 0 Å². The van der Waals surface area contributed by atoms with Crippen LogP contribution in [0.2, 0.25) is 0 Å². The average molecular weight is 348 g/mol. The van der Waals surface area contributed by atoms with Crippen molar-refractivity contribution in [1.82, 2.24) is 4.98 Å². The summed E-state index contributed by atoms with van der Waals surface area (Å²) in [7, 11) is 4.13. The van der Waals surface area contributed by atoms with Crippen molar-refractivity contribution in [2.45, 2.75) is 0 Å². The summed E-state index contributed by atoms with van der Waals surface area (Å²) in [5.41, 5.74) is 9.47. The molecule has 0 radical (unpaired) electrons. The van der Waals surface area contributed by atoms with Gasteiger partial charge in [0.05, 0.1) is 11.2 Å². The molecule has 1 aliphatic rings. The Labute approximate surface area is 159 Å². The summed E-state index contributed by atoms with van der Waals surface area (Å²) in [5, 5.41) is 1.18. The quantitative estimate of drug-likeness (QED) is 0.396. The zero-order valence-corrected chi connectivity index (χ0v) is 15.5. The maximum absolute atomic E-state index is 4.98. The van der Waals surface area contributed by atoms with Gasteiger partial charge >= 0.3 is 0 Å². The van der Waals surface area contributed by atoms with Crippen LogP contribution in [0.3, 0.4) is 0 Å². The predicted molar refractivity (Wildman–Crippen MR) is 115 cm³/mol. The molecule has 5 rings (SSSR count). The van der Waals surface area contributed by atoms with E-state index in [-0.39, 0.29) is 0 Å². The van der Waals surface area contributed by atoms with E-state index in [4.69, 9.17) is 4.98 Å². The van der Waals surface area contributed by atoms with Gasteiger partial charge in [-0.3, -0.25) is 0 Å². The van der Waals surface area contributed by atoms with Crippen LogP contribution in [-0.4, -0.2) is 19.1 Å². The van der Waals surface area contributed by atoms with Crippen molar-refractivity contribution in [1.29, 1.82) is 0 Å². The molecule has 0 saturated carbocycles. The van der Waals surface area contributed by atoms with E-state index < -0.39 is 0 Å². The lowest BCUT2D eigenvalue weighted by Crippen LogP contribution is -2.07. The molecule has 1 aromatic heterocycles. The number of benzene rings is 3. The van der Waals surface area contributed by atoms with Crippen molar-refractivity contribution < 1.29 is 0 Å². The van der Waals surface area contributed by atoms with Crippen molar-refractivity contribution in [2.24, 2.45) is 0 Å². The zero-order valence-electron chi connectivity index (χ0n) is 15.5. The Balaban J connectivity index is 1.72. The number of pyridine rings is 1. The molecule has 0 saturated heterocycles. The average Bonchev–Trinajstić information content (AvgIpc) is 3.00. The Bertz CT molecular complexity index is 1180. The number of aromatic nitrogens is 1. The van der Waals surface area contributed by atoms with E-state index in [1.165, 1.54) is 38.9 Å². The molecule has 0 aliphatic heterocycles. The van der Waals surface area contributed by atoms with Gasteiger partial charge in [-0.1, -0.05) is 54.6 Å². The lowest BCUT2D eigenvalue weighted by atomic mass is 10.0. The maximum Gasteiger partial charge on any atom is 0.0794 e. The van der Waals surface area contributed by atoms with Gasteiger partial charge in [-0.05, 0) is 47.0 Å². The molecule has 27 heavy (non-hydrogen) atoms. The smallest absolute Gasteiger partial charge is 0.0794 e. The molecule has 4 aromatic rings. The van der Waals surface area contributed by atoms with E-state index in [1.807, 2.05) is 6.07 Å². The van der Waals surface area contributed by atoms with Crippen LogP contribution < -0.4 is 4.90 Å². The Hall–Kier alpha value is -3.39. The monoisotopic (exact) mass is 348 g/mol. The van der Waals surface area contributed by atoms with Crippen molar-refractivity contribution in [3.8, 4) is 11.3 Å². The van der Waals surface area contributed by atoms with E-state index >= 15 is 0 Å². The third kappa shape index (κ3) is 2.61. The molecule has 1 aliphatic carbocycles. The molecule has 0 bridgehead atoms. The first kappa shape index (κ1) is 15.8. The number of para-hydroxylation sites is 1. The number of rotatable bonds is 2. The minimum Gasteiger partial charge on any atom is -0.378 e. The zero-order chi connectivity index (χ0) is 18.4. The molecule has 0 N–H and O–H groups in total. The fraction of sp³-hybridized carbons (Fsp3) is 0.0800. The van der Waals surface area contributed by atoms with Crippen molar-refractivity contribution in [2.75, 3.05) is 19.0 Å². The highest BCUT2D eigenvalue weighted by atomic mass is 15.1. The molecule has 0 atom stereocenters. The maximum atomic E-state index is 4.98. The lowest BCUT2D eigenvalue weighted by Gasteiger charge is -2.12. The molecular formula is C25H20N2. The minimum atomic E-state index is 1.04. The van der Waals surface area contributed by atoms with E-state index in [1.54, 1.807) is 0 Å². The predicted octanol–water partition coefficient (Wildman–Crippen LogP) is 5.87. The highest BCUT2D eigenvalue weighted by molar-refractivity contribution is 6.07. The van der Waals surface area contributed by atoms with E-state index in [0.29, 0.717) is 0 Å². The molecule has 2 nitrogen and oxygen atoms in total. The van der Waals surface area contributed by atoms with Crippen molar-refractivity contribution in [3.63, 3.8) is 0 Å². The molecule has 1 heterocycles. The summed E-state index contributed by atoms with van der Waals surface area (Å²) in [6.45, 7) is 0. The van der Waals surface area contributed by atoms with E-state index in [0.717, 1.165) is 11.2 Å². The highest BCUT2D eigenvalue weighted by Gasteiger charge is 2.24. The topological polar surface area (TPSA) is 16.1 Å². The molecule has 130 valence electrons. The molecule has 0 fully saturated rings. The van der Waals surface area contributed by atoms with Gasteiger partial charge in [-0.25, -0.2) is 4.98 Å². The second-order valence-electron chi connectivity index (χ2n) is 7.17. The summed E-state index contributed by atoms with van der Waals surface area (Å²) in [5.74, 6) is 0. The summed E-state index contributed by atoms with van der Waals surface area (Å²) in [4.78, 5) is 7.10. The third-order valence-electron chi connectivity index (χ3n) is 5.21. The first-order valence-corrected chi connectivity index (χ1v) is 9.20. The van der Waals surface area contributed by atoms with Gasteiger partial charge in [-0.15, -0.1) is 0 Å². The highest BCUT2D eigenvalue weighted by Crippen LogP contribution is 2.44. The number of hydrogen-bond donors (Lipinski definition) is 0. The summed E-state index contributed by atoms with van der Waals surface area (Å²) >= 11 is 0. The number of hydrogen-bond acceptors (Lipinski definition) is 2. The minimum absolute atomic E-state index is 1.04. The molecular weight excluding hydrogens is 328 g/mol. The van der Waals surface area contributed by atoms with Crippen LogP contribution in [-0.2, 0) is 0 Å². The SMILES string of the molecule is CN(C)c1ccc(C=C2c3ccccc3-c3nc4ccccc4cc32)cc1. The number of anilines is 1. The van der Waals surface area contributed by atoms with Crippen LogP contribution in [0.1, 0.15) is 16.7 Å². The molecule has 0 amide bonds. The Kier molecular flexibility index (Phi) is 3.58. The largest absolute Gasteiger partial charge is 0.378 e. The summed E-state index contributed by atoms with van der Waals surface area (Å²) < 4.78 is 0. The number of fused-ring (bicyclic) bond motifs is 4. The second-order valence-corrected chi connectivity index (χ2v) is 7.17. The second kappa shape index (κ2) is 6.10. The standard InChI is InChI=1S/C25H20N2/c1-27(2)19-13-11-17(12-14-19)15-22-20-8-4-5-9-21(20)25-23(22)16-18-7-3-6-10-24(18)26-25/h3-16H,1-2H3. The Morgan fingerprint density at radius 2 is 1.44 bits per heavy atom. The van der Waals surface area contributed by atoms with Crippen LogP contribution >= 0.6 is 0 Å². The molecule has 3 aromatic carbocycles. The van der Waals surface area contributed by atoms with Gasteiger partial charge in [0.15, 0.2) is 0 Å².